The summed E-state index contributed by atoms with van der Waals surface area (Å²) < 4.78 is 23.1. The summed E-state index contributed by atoms with van der Waals surface area (Å²) in [4.78, 5) is 11.2. The fraction of sp³-hybridized carbons (Fsp3) is 0.417. The van der Waals surface area contributed by atoms with Crippen LogP contribution >= 0.6 is 0 Å². The molecule has 0 aromatic heterocycles. The van der Waals surface area contributed by atoms with Crippen molar-refractivity contribution in [2.75, 3.05) is 13.7 Å². The molecule has 5 nitrogen and oxygen atoms in total. The van der Waals surface area contributed by atoms with Gasteiger partial charge in [-0.25, -0.2) is 9.18 Å². The number of methoxy groups -OCH3 is 1. The standard InChI is InChI=1S/C12H16FNO4/c1-3-18-12(16)10(13)11(14)7-4-5-9(17-2)8(15)6-7/h4-6,10-11,15H,3,14H2,1-2H3/t10?,11-/m1/s1. The van der Waals surface area contributed by atoms with Gasteiger partial charge in [-0.1, -0.05) is 6.07 Å². The molecule has 0 spiro atoms. The van der Waals surface area contributed by atoms with E-state index in [1.54, 1.807) is 6.92 Å². The molecule has 1 aromatic rings. The second-order valence-corrected chi connectivity index (χ2v) is 3.61. The molecule has 0 fully saturated rings. The number of hydrogen-bond donors (Lipinski definition) is 2. The molecule has 6 heteroatoms. The maximum atomic E-state index is 13.7. The Kier molecular flexibility index (Phi) is 4.91. The zero-order chi connectivity index (χ0) is 13.7. The fourth-order valence-corrected chi connectivity index (χ4v) is 1.45. The van der Waals surface area contributed by atoms with Crippen LogP contribution in [0.4, 0.5) is 4.39 Å². The lowest BCUT2D eigenvalue weighted by Gasteiger charge is -2.16. The number of rotatable bonds is 5. The van der Waals surface area contributed by atoms with Crippen LogP contribution in [0.15, 0.2) is 18.2 Å². The van der Waals surface area contributed by atoms with Crippen LogP contribution in [0.3, 0.4) is 0 Å². The quantitative estimate of drug-likeness (QED) is 0.777. The molecule has 1 aromatic carbocycles. The lowest BCUT2D eigenvalue weighted by Crippen LogP contribution is -2.31. The molecule has 0 aliphatic carbocycles. The molecule has 0 amide bonds. The number of aromatic hydroxyl groups is 1. The third-order valence-corrected chi connectivity index (χ3v) is 2.41. The Labute approximate surface area is 104 Å². The fourth-order valence-electron chi connectivity index (χ4n) is 1.45. The first kappa shape index (κ1) is 14.2. The van der Waals surface area contributed by atoms with Crippen LogP contribution in [0, 0.1) is 0 Å². The third kappa shape index (κ3) is 3.10. The van der Waals surface area contributed by atoms with Gasteiger partial charge in [0.05, 0.1) is 19.8 Å². The maximum absolute atomic E-state index is 13.7. The molecule has 18 heavy (non-hydrogen) atoms. The Morgan fingerprint density at radius 2 is 2.22 bits per heavy atom. The highest BCUT2D eigenvalue weighted by Gasteiger charge is 2.28. The number of nitrogens with two attached hydrogens (primary N) is 1. The molecule has 1 unspecified atom stereocenters. The van der Waals surface area contributed by atoms with E-state index in [0.29, 0.717) is 0 Å². The highest BCUT2D eigenvalue weighted by atomic mass is 19.1. The molecule has 0 radical (unpaired) electrons. The average molecular weight is 257 g/mol. The Morgan fingerprint density at radius 1 is 1.56 bits per heavy atom. The molecular weight excluding hydrogens is 241 g/mol. The highest BCUT2D eigenvalue weighted by molar-refractivity contribution is 5.75. The summed E-state index contributed by atoms with van der Waals surface area (Å²) in [5, 5.41) is 9.54. The molecule has 3 N–H and O–H groups in total. The molecule has 0 aliphatic rings. The summed E-state index contributed by atoms with van der Waals surface area (Å²) in [6.07, 6.45) is -1.97. The zero-order valence-electron chi connectivity index (χ0n) is 10.2. The Morgan fingerprint density at radius 3 is 2.72 bits per heavy atom. The summed E-state index contributed by atoms with van der Waals surface area (Å²) in [5.74, 6) is -0.931. The second kappa shape index (κ2) is 6.20. The van der Waals surface area contributed by atoms with Crippen molar-refractivity contribution in [3.05, 3.63) is 23.8 Å². The van der Waals surface area contributed by atoms with Crippen LogP contribution in [0.25, 0.3) is 0 Å². The van der Waals surface area contributed by atoms with Gasteiger partial charge in [0.1, 0.15) is 0 Å². The predicted molar refractivity (Wildman–Crippen MR) is 63.1 cm³/mol. The van der Waals surface area contributed by atoms with Crippen LogP contribution in [-0.2, 0) is 9.53 Å². The number of phenolic OH excluding ortho intramolecular Hbond substituents is 1. The summed E-state index contributed by atoms with van der Waals surface area (Å²) in [6.45, 7) is 1.66. The van der Waals surface area contributed by atoms with Crippen LogP contribution in [-0.4, -0.2) is 31.0 Å². The Balaban J connectivity index is 2.86. The molecule has 0 saturated heterocycles. The van der Waals surface area contributed by atoms with E-state index in [4.69, 9.17) is 10.5 Å². The molecule has 0 aliphatic heterocycles. The van der Waals surface area contributed by atoms with E-state index in [1.807, 2.05) is 0 Å². The molecule has 0 heterocycles. The van der Waals surface area contributed by atoms with Gasteiger partial charge in [0.2, 0.25) is 6.17 Å². The number of benzene rings is 1. The average Bonchev–Trinajstić information content (AvgIpc) is 2.37. The number of ether oxygens (including phenoxy) is 2. The first-order valence-corrected chi connectivity index (χ1v) is 5.44. The summed E-state index contributed by atoms with van der Waals surface area (Å²) >= 11 is 0. The Hall–Kier alpha value is -1.82. The van der Waals surface area contributed by atoms with Crippen molar-refractivity contribution in [2.45, 2.75) is 19.1 Å². The topological polar surface area (TPSA) is 81.8 Å². The molecule has 2 atom stereocenters. The van der Waals surface area contributed by atoms with E-state index in [-0.39, 0.29) is 23.7 Å². The van der Waals surface area contributed by atoms with Gasteiger partial charge in [0, 0.05) is 0 Å². The number of halogens is 1. The van der Waals surface area contributed by atoms with E-state index in [0.717, 1.165) is 0 Å². The van der Waals surface area contributed by atoms with Gasteiger partial charge in [-0.2, -0.15) is 0 Å². The van der Waals surface area contributed by atoms with Gasteiger partial charge in [-0.15, -0.1) is 0 Å². The SMILES string of the molecule is CCOC(=O)C(F)[C@H](N)c1ccc(OC)c(O)c1. The van der Waals surface area contributed by atoms with Crippen LogP contribution in [0.1, 0.15) is 18.5 Å². The molecule has 0 saturated carbocycles. The number of phenols is 1. The maximum Gasteiger partial charge on any atom is 0.342 e. The van der Waals surface area contributed by atoms with Gasteiger partial charge in [-0.05, 0) is 24.6 Å². The van der Waals surface area contributed by atoms with Gasteiger partial charge in [-0.3, -0.25) is 0 Å². The zero-order valence-corrected chi connectivity index (χ0v) is 10.2. The van der Waals surface area contributed by atoms with Gasteiger partial charge < -0.3 is 20.3 Å². The number of hydrogen-bond acceptors (Lipinski definition) is 5. The van der Waals surface area contributed by atoms with Gasteiger partial charge >= 0.3 is 5.97 Å². The molecule has 0 bridgehead atoms. The van der Waals surface area contributed by atoms with Crippen molar-refractivity contribution in [1.29, 1.82) is 0 Å². The van der Waals surface area contributed by atoms with Crippen molar-refractivity contribution >= 4 is 5.97 Å². The third-order valence-electron chi connectivity index (χ3n) is 2.41. The van der Waals surface area contributed by atoms with Crippen LogP contribution in [0.2, 0.25) is 0 Å². The minimum Gasteiger partial charge on any atom is -0.504 e. The van der Waals surface area contributed by atoms with Crippen molar-refractivity contribution in [3.8, 4) is 11.5 Å². The minimum absolute atomic E-state index is 0.0832. The minimum atomic E-state index is -1.97. The van der Waals surface area contributed by atoms with Gasteiger partial charge in [0.25, 0.3) is 0 Å². The Bertz CT molecular complexity index is 425. The molecular formula is C12H16FNO4. The van der Waals surface area contributed by atoms with Gasteiger partial charge in [0.15, 0.2) is 11.5 Å². The van der Waals surface area contributed by atoms with Crippen molar-refractivity contribution in [1.82, 2.24) is 0 Å². The predicted octanol–water partition coefficient (Wildman–Crippen LogP) is 1.30. The van der Waals surface area contributed by atoms with Crippen molar-refractivity contribution < 1.29 is 23.8 Å². The van der Waals surface area contributed by atoms with E-state index in [2.05, 4.69) is 4.74 Å². The molecule has 100 valence electrons. The number of carbonyl (C=O) groups excluding carboxylic acids is 1. The number of alkyl halides is 1. The number of carbonyl (C=O) groups is 1. The summed E-state index contributed by atoms with van der Waals surface area (Å²) in [5.41, 5.74) is 5.89. The second-order valence-electron chi connectivity index (χ2n) is 3.61. The van der Waals surface area contributed by atoms with Crippen LogP contribution in [0.5, 0.6) is 11.5 Å². The lowest BCUT2D eigenvalue weighted by molar-refractivity contribution is -0.149. The lowest BCUT2D eigenvalue weighted by atomic mass is 10.0. The van der Waals surface area contributed by atoms with Crippen molar-refractivity contribution in [2.24, 2.45) is 5.73 Å². The van der Waals surface area contributed by atoms with E-state index < -0.39 is 18.2 Å². The summed E-state index contributed by atoms with van der Waals surface area (Å²) in [7, 11) is 1.39. The summed E-state index contributed by atoms with van der Waals surface area (Å²) in [6, 6.07) is 2.99. The molecule has 1 rings (SSSR count). The monoisotopic (exact) mass is 257 g/mol. The largest absolute Gasteiger partial charge is 0.504 e. The van der Waals surface area contributed by atoms with E-state index in [9.17, 15) is 14.3 Å². The van der Waals surface area contributed by atoms with Crippen LogP contribution < -0.4 is 10.5 Å². The first-order valence-electron chi connectivity index (χ1n) is 5.44. The van der Waals surface area contributed by atoms with E-state index in [1.165, 1.54) is 25.3 Å². The highest BCUT2D eigenvalue weighted by Crippen LogP contribution is 2.29. The van der Waals surface area contributed by atoms with E-state index >= 15 is 0 Å². The van der Waals surface area contributed by atoms with Crippen molar-refractivity contribution in [3.63, 3.8) is 0 Å². The smallest absolute Gasteiger partial charge is 0.342 e. The normalized spacial score (nSPS) is 13.8. The first-order chi connectivity index (χ1) is 8.51. The number of esters is 1.